The number of fused-ring (bicyclic) bond motifs is 1. The number of nitrogens with one attached hydrogen (secondary N) is 1. The van der Waals surface area contributed by atoms with Gasteiger partial charge in [-0.2, -0.15) is 5.10 Å². The number of carbonyl (C=O) groups excluding carboxylic acids is 1. The molecule has 0 saturated heterocycles. The molecule has 0 saturated carbocycles. The second-order valence-electron chi connectivity index (χ2n) is 7.77. The van der Waals surface area contributed by atoms with E-state index in [-0.39, 0.29) is 17.2 Å². The first-order valence-corrected chi connectivity index (χ1v) is 11.8. The van der Waals surface area contributed by atoms with Crippen LogP contribution in [0.2, 0.25) is 0 Å². The molecule has 0 atom stereocenters. The first-order valence-electron chi connectivity index (χ1n) is 10.8. The average Bonchev–Trinajstić information content (AvgIpc) is 2.84. The first kappa shape index (κ1) is 23.2. The Hall–Kier alpha value is -3.97. The van der Waals surface area contributed by atoms with Crippen molar-refractivity contribution in [2.45, 2.75) is 19.0 Å². The molecule has 7 heteroatoms. The van der Waals surface area contributed by atoms with E-state index in [1.165, 1.54) is 11.8 Å². The quantitative estimate of drug-likeness (QED) is 0.179. The first-order chi connectivity index (χ1) is 16.5. The van der Waals surface area contributed by atoms with Crippen LogP contribution in [-0.2, 0) is 4.79 Å². The van der Waals surface area contributed by atoms with Crippen LogP contribution in [0.5, 0.6) is 0 Å². The maximum absolute atomic E-state index is 13.3. The predicted octanol–water partition coefficient (Wildman–Crippen LogP) is 4.99. The largest absolute Gasteiger partial charge is 0.272 e. The molecule has 4 aromatic rings. The third-order valence-corrected chi connectivity index (χ3v) is 5.96. The molecule has 4 rings (SSSR count). The van der Waals surface area contributed by atoms with Crippen molar-refractivity contribution < 1.29 is 4.79 Å². The Bertz CT molecular complexity index is 1420. The number of carbonyl (C=O) groups is 1. The number of thioether (sulfide) groups is 1. The molecule has 0 unspecified atom stereocenters. The summed E-state index contributed by atoms with van der Waals surface area (Å²) < 4.78 is 1.55. The lowest BCUT2D eigenvalue weighted by Gasteiger charge is -2.13. The molecule has 170 valence electrons. The molecule has 1 heterocycles. The predicted molar refractivity (Wildman–Crippen MR) is 140 cm³/mol. The van der Waals surface area contributed by atoms with Crippen LogP contribution in [0.15, 0.2) is 99.5 Å². The zero-order chi connectivity index (χ0) is 23.9. The van der Waals surface area contributed by atoms with E-state index < -0.39 is 0 Å². The van der Waals surface area contributed by atoms with Crippen molar-refractivity contribution in [3.05, 3.63) is 106 Å². The topological polar surface area (TPSA) is 76.3 Å². The Morgan fingerprint density at radius 3 is 2.50 bits per heavy atom. The Labute approximate surface area is 202 Å². The molecule has 34 heavy (non-hydrogen) atoms. The van der Waals surface area contributed by atoms with Crippen LogP contribution >= 0.6 is 11.8 Å². The van der Waals surface area contributed by atoms with Crippen LogP contribution in [0, 0.1) is 6.92 Å². The van der Waals surface area contributed by atoms with Gasteiger partial charge in [-0.3, -0.25) is 14.2 Å². The monoisotopic (exact) mass is 468 g/mol. The van der Waals surface area contributed by atoms with Gasteiger partial charge in [-0.25, -0.2) is 10.4 Å². The van der Waals surface area contributed by atoms with Gasteiger partial charge in [0.1, 0.15) is 0 Å². The highest BCUT2D eigenvalue weighted by molar-refractivity contribution is 7.99. The van der Waals surface area contributed by atoms with E-state index in [9.17, 15) is 9.59 Å². The maximum Gasteiger partial charge on any atom is 0.266 e. The summed E-state index contributed by atoms with van der Waals surface area (Å²) in [5.41, 5.74) is 6.73. The van der Waals surface area contributed by atoms with Crippen LogP contribution in [0.4, 0.5) is 0 Å². The number of amides is 1. The van der Waals surface area contributed by atoms with Gasteiger partial charge in [-0.05, 0) is 49.2 Å². The highest BCUT2D eigenvalue weighted by atomic mass is 32.2. The fourth-order valence-electron chi connectivity index (χ4n) is 3.35. The molecule has 0 spiro atoms. The molecule has 0 fully saturated rings. The van der Waals surface area contributed by atoms with Gasteiger partial charge in [0.05, 0.1) is 28.6 Å². The van der Waals surface area contributed by atoms with Crippen molar-refractivity contribution in [2.24, 2.45) is 5.10 Å². The minimum Gasteiger partial charge on any atom is -0.272 e. The van der Waals surface area contributed by atoms with Gasteiger partial charge in [0.2, 0.25) is 0 Å². The smallest absolute Gasteiger partial charge is 0.266 e. The van der Waals surface area contributed by atoms with Crippen molar-refractivity contribution >= 4 is 40.9 Å². The van der Waals surface area contributed by atoms with Crippen LogP contribution in [-0.4, -0.2) is 27.4 Å². The Morgan fingerprint density at radius 2 is 1.74 bits per heavy atom. The third-order valence-electron chi connectivity index (χ3n) is 5.02. The molecule has 1 aromatic heterocycles. The maximum atomic E-state index is 13.3. The van der Waals surface area contributed by atoms with E-state index >= 15 is 0 Å². The summed E-state index contributed by atoms with van der Waals surface area (Å²) in [6.45, 7) is 3.90. The number of aryl methyl sites for hydroxylation is 1. The van der Waals surface area contributed by atoms with Crippen molar-refractivity contribution in [3.8, 4) is 5.69 Å². The number of hydrogen-bond acceptors (Lipinski definition) is 5. The summed E-state index contributed by atoms with van der Waals surface area (Å²) in [5, 5.41) is 5.02. The minimum atomic E-state index is -0.286. The van der Waals surface area contributed by atoms with Gasteiger partial charge >= 0.3 is 0 Å². The van der Waals surface area contributed by atoms with Crippen LogP contribution in [0.3, 0.4) is 0 Å². The van der Waals surface area contributed by atoms with Gasteiger partial charge in [0.25, 0.3) is 11.5 Å². The van der Waals surface area contributed by atoms with E-state index in [1.54, 1.807) is 22.9 Å². The Balaban J connectivity index is 1.51. The number of rotatable bonds is 7. The fraction of sp³-hybridized carbons (Fsp3) is 0.111. The summed E-state index contributed by atoms with van der Waals surface area (Å²) >= 11 is 1.20. The SMILES string of the molecule is CC(/C=N/NC(=O)CSc1nc2ccccc2c(=O)n1-c1ccc(C)cc1)=C\c1ccccc1. The summed E-state index contributed by atoms with van der Waals surface area (Å²) in [5.74, 6) is -0.221. The van der Waals surface area contributed by atoms with Gasteiger partial charge in [-0.1, -0.05) is 78.0 Å². The molecule has 0 aliphatic rings. The highest BCUT2D eigenvalue weighted by Gasteiger charge is 2.14. The van der Waals surface area contributed by atoms with Crippen LogP contribution in [0.1, 0.15) is 18.1 Å². The van der Waals surface area contributed by atoms with Gasteiger partial charge in [-0.15, -0.1) is 0 Å². The van der Waals surface area contributed by atoms with Crippen LogP contribution in [0.25, 0.3) is 22.7 Å². The molecule has 3 aromatic carbocycles. The second-order valence-corrected chi connectivity index (χ2v) is 8.71. The number of para-hydroxylation sites is 1. The molecule has 0 radical (unpaired) electrons. The molecule has 1 N–H and O–H groups in total. The summed E-state index contributed by atoms with van der Waals surface area (Å²) in [6.07, 6.45) is 3.58. The molecule has 0 aliphatic carbocycles. The number of hydrazone groups is 1. The Morgan fingerprint density at radius 1 is 1.03 bits per heavy atom. The summed E-state index contributed by atoms with van der Waals surface area (Å²) in [7, 11) is 0. The minimum absolute atomic E-state index is 0.0649. The van der Waals surface area contributed by atoms with E-state index in [4.69, 9.17) is 0 Å². The summed E-state index contributed by atoms with van der Waals surface area (Å²) in [6, 6.07) is 24.7. The van der Waals surface area contributed by atoms with Crippen molar-refractivity contribution in [3.63, 3.8) is 0 Å². The average molecular weight is 469 g/mol. The lowest BCUT2D eigenvalue weighted by molar-refractivity contribution is -0.118. The molecular formula is C27H24N4O2S. The van der Waals surface area contributed by atoms with Crippen molar-refractivity contribution in [2.75, 3.05) is 5.75 Å². The lowest BCUT2D eigenvalue weighted by atomic mass is 10.1. The molecular weight excluding hydrogens is 444 g/mol. The molecule has 1 amide bonds. The number of benzene rings is 3. The van der Waals surface area contributed by atoms with E-state index in [0.29, 0.717) is 21.7 Å². The van der Waals surface area contributed by atoms with E-state index in [0.717, 1.165) is 16.7 Å². The standard InChI is InChI=1S/C27H24N4O2S/c1-19-12-14-22(15-13-19)31-26(33)23-10-6-7-11-24(23)29-27(31)34-18-25(32)30-28-17-20(2)16-21-8-4-3-5-9-21/h3-17H,18H2,1-2H3,(H,30,32)/b20-16+,28-17+. The fourth-order valence-corrected chi connectivity index (χ4v) is 4.15. The van der Waals surface area contributed by atoms with E-state index in [1.807, 2.05) is 86.7 Å². The summed E-state index contributed by atoms with van der Waals surface area (Å²) in [4.78, 5) is 30.3. The number of aromatic nitrogens is 2. The molecule has 0 bridgehead atoms. The normalized spacial score (nSPS) is 11.8. The lowest BCUT2D eigenvalue weighted by Crippen LogP contribution is -2.24. The zero-order valence-electron chi connectivity index (χ0n) is 18.9. The van der Waals surface area contributed by atoms with Crippen molar-refractivity contribution in [1.29, 1.82) is 0 Å². The van der Waals surface area contributed by atoms with Gasteiger partial charge in [0.15, 0.2) is 5.16 Å². The van der Waals surface area contributed by atoms with Gasteiger partial charge < -0.3 is 0 Å². The third kappa shape index (κ3) is 5.68. The zero-order valence-corrected chi connectivity index (χ0v) is 19.8. The number of hydrogen-bond donors (Lipinski definition) is 1. The van der Waals surface area contributed by atoms with Gasteiger partial charge in [0, 0.05) is 0 Å². The highest BCUT2D eigenvalue weighted by Crippen LogP contribution is 2.21. The second kappa shape index (κ2) is 10.8. The van der Waals surface area contributed by atoms with Crippen molar-refractivity contribution in [1.82, 2.24) is 15.0 Å². The van der Waals surface area contributed by atoms with E-state index in [2.05, 4.69) is 15.5 Å². The van der Waals surface area contributed by atoms with Crippen LogP contribution < -0.4 is 11.0 Å². The Kier molecular flexibility index (Phi) is 7.34. The number of allylic oxidation sites excluding steroid dienone is 1. The molecule has 0 aliphatic heterocycles. The number of nitrogens with zero attached hydrogens (tertiary/aromatic N) is 3. The molecule has 6 nitrogen and oxygen atoms in total.